The lowest BCUT2D eigenvalue weighted by molar-refractivity contribution is 0.343. The molecule has 0 aromatic carbocycles. The first-order valence-corrected chi connectivity index (χ1v) is 3.42. The van der Waals surface area contributed by atoms with Gasteiger partial charge in [-0.15, -0.1) is 0 Å². The van der Waals surface area contributed by atoms with E-state index in [4.69, 9.17) is 10.8 Å². The number of aliphatic hydroxyl groups excluding tert-OH is 1. The second kappa shape index (κ2) is 3.82. The SMILES string of the molecule is Nc1ncc(F)cc1C=CCO. The molecule has 4 heteroatoms. The zero-order valence-corrected chi connectivity index (χ0v) is 6.37. The molecule has 0 aliphatic heterocycles. The minimum Gasteiger partial charge on any atom is -0.392 e. The third-order valence-electron chi connectivity index (χ3n) is 1.32. The first-order chi connectivity index (χ1) is 5.74. The highest BCUT2D eigenvalue weighted by atomic mass is 19.1. The van der Waals surface area contributed by atoms with Crippen LogP contribution in [-0.4, -0.2) is 16.7 Å². The quantitative estimate of drug-likeness (QED) is 0.687. The van der Waals surface area contributed by atoms with E-state index >= 15 is 0 Å². The molecule has 0 aliphatic carbocycles. The van der Waals surface area contributed by atoms with Gasteiger partial charge in [0.15, 0.2) is 0 Å². The normalized spacial score (nSPS) is 10.8. The highest BCUT2D eigenvalue weighted by Gasteiger charge is 1.97. The summed E-state index contributed by atoms with van der Waals surface area (Å²) in [5.41, 5.74) is 5.90. The smallest absolute Gasteiger partial charge is 0.142 e. The van der Waals surface area contributed by atoms with Crippen molar-refractivity contribution in [2.45, 2.75) is 0 Å². The van der Waals surface area contributed by atoms with Crippen molar-refractivity contribution in [2.75, 3.05) is 12.3 Å². The Kier molecular flexibility index (Phi) is 2.76. The van der Waals surface area contributed by atoms with Gasteiger partial charge in [0.2, 0.25) is 0 Å². The van der Waals surface area contributed by atoms with Crippen molar-refractivity contribution < 1.29 is 9.50 Å². The molecule has 0 saturated carbocycles. The van der Waals surface area contributed by atoms with E-state index < -0.39 is 5.82 Å². The maximum Gasteiger partial charge on any atom is 0.142 e. The molecule has 1 aromatic rings. The highest BCUT2D eigenvalue weighted by molar-refractivity contribution is 5.60. The molecule has 3 nitrogen and oxygen atoms in total. The number of aliphatic hydroxyl groups is 1. The molecule has 0 spiro atoms. The van der Waals surface area contributed by atoms with E-state index in [0.717, 1.165) is 6.20 Å². The molecular formula is C8H9FN2O. The molecule has 0 atom stereocenters. The number of nitrogens with zero attached hydrogens (tertiary/aromatic N) is 1. The lowest BCUT2D eigenvalue weighted by Gasteiger charge is -1.97. The summed E-state index contributed by atoms with van der Waals surface area (Å²) in [7, 11) is 0. The van der Waals surface area contributed by atoms with Crippen LogP contribution >= 0.6 is 0 Å². The first-order valence-electron chi connectivity index (χ1n) is 3.42. The summed E-state index contributed by atoms with van der Waals surface area (Å²) in [4.78, 5) is 3.60. The summed E-state index contributed by atoms with van der Waals surface area (Å²) in [5, 5.41) is 8.45. The van der Waals surface area contributed by atoms with Crippen LogP contribution in [0.25, 0.3) is 6.08 Å². The van der Waals surface area contributed by atoms with Crippen LogP contribution in [0.1, 0.15) is 5.56 Å². The average molecular weight is 168 g/mol. The Labute approximate surface area is 69.4 Å². The van der Waals surface area contributed by atoms with Gasteiger partial charge in [-0.2, -0.15) is 0 Å². The van der Waals surface area contributed by atoms with Crippen LogP contribution in [0.15, 0.2) is 18.3 Å². The number of nitrogens with two attached hydrogens (primary N) is 1. The molecule has 0 amide bonds. The first kappa shape index (κ1) is 8.67. The Morgan fingerprint density at radius 3 is 3.08 bits per heavy atom. The van der Waals surface area contributed by atoms with Crippen molar-refractivity contribution in [3.8, 4) is 0 Å². The largest absolute Gasteiger partial charge is 0.392 e. The van der Waals surface area contributed by atoms with E-state index in [1.165, 1.54) is 18.2 Å². The van der Waals surface area contributed by atoms with E-state index in [1.807, 2.05) is 0 Å². The third-order valence-corrected chi connectivity index (χ3v) is 1.32. The molecule has 0 radical (unpaired) electrons. The number of rotatable bonds is 2. The molecule has 12 heavy (non-hydrogen) atoms. The van der Waals surface area contributed by atoms with Gasteiger partial charge in [-0.3, -0.25) is 0 Å². The van der Waals surface area contributed by atoms with Gasteiger partial charge >= 0.3 is 0 Å². The summed E-state index contributed by atoms with van der Waals surface area (Å²) >= 11 is 0. The van der Waals surface area contributed by atoms with Crippen molar-refractivity contribution in [3.63, 3.8) is 0 Å². The molecule has 64 valence electrons. The number of anilines is 1. The maximum absolute atomic E-state index is 12.6. The molecule has 0 saturated heterocycles. The van der Waals surface area contributed by atoms with E-state index in [9.17, 15) is 4.39 Å². The van der Waals surface area contributed by atoms with Crippen molar-refractivity contribution in [3.05, 3.63) is 29.7 Å². The molecule has 0 unspecified atom stereocenters. The standard InChI is InChI=1S/C8H9FN2O/c9-7-4-6(2-1-3-12)8(10)11-5-7/h1-2,4-5,12H,3H2,(H2,10,11). The van der Waals surface area contributed by atoms with Crippen LogP contribution in [0.4, 0.5) is 10.2 Å². The Balaban J connectivity index is 2.97. The van der Waals surface area contributed by atoms with Crippen molar-refractivity contribution in [1.29, 1.82) is 0 Å². The third kappa shape index (κ3) is 2.03. The Hall–Kier alpha value is -1.42. The van der Waals surface area contributed by atoms with E-state index in [2.05, 4.69) is 4.98 Å². The monoisotopic (exact) mass is 168 g/mol. The highest BCUT2D eigenvalue weighted by Crippen LogP contribution is 2.11. The van der Waals surface area contributed by atoms with Crippen LogP contribution in [0.2, 0.25) is 0 Å². The van der Waals surface area contributed by atoms with Crippen molar-refractivity contribution in [1.82, 2.24) is 4.98 Å². The fourth-order valence-corrected chi connectivity index (χ4v) is 0.779. The number of hydrogen-bond donors (Lipinski definition) is 2. The molecule has 3 N–H and O–H groups in total. The number of pyridine rings is 1. The van der Waals surface area contributed by atoms with Crippen molar-refractivity contribution in [2.24, 2.45) is 0 Å². The summed E-state index contributed by atoms with van der Waals surface area (Å²) in [6.45, 7) is -0.101. The zero-order valence-electron chi connectivity index (χ0n) is 6.37. The predicted molar refractivity (Wildman–Crippen MR) is 44.7 cm³/mol. The zero-order chi connectivity index (χ0) is 8.97. The molecule has 1 aromatic heterocycles. The molecule has 1 heterocycles. The molecule has 1 rings (SSSR count). The molecular weight excluding hydrogens is 159 g/mol. The minimum absolute atomic E-state index is 0.101. The maximum atomic E-state index is 12.6. The summed E-state index contributed by atoms with van der Waals surface area (Å²) in [6.07, 6.45) is 4.03. The van der Waals surface area contributed by atoms with Gasteiger partial charge in [-0.25, -0.2) is 9.37 Å². The van der Waals surface area contributed by atoms with Gasteiger partial charge in [0.25, 0.3) is 0 Å². The van der Waals surface area contributed by atoms with Gasteiger partial charge in [-0.1, -0.05) is 12.2 Å². The van der Waals surface area contributed by atoms with Crippen LogP contribution < -0.4 is 5.73 Å². The van der Waals surface area contributed by atoms with E-state index in [-0.39, 0.29) is 12.4 Å². The molecule has 0 bridgehead atoms. The van der Waals surface area contributed by atoms with Gasteiger partial charge in [0.1, 0.15) is 11.6 Å². The molecule has 0 aliphatic rings. The van der Waals surface area contributed by atoms with Crippen molar-refractivity contribution >= 4 is 11.9 Å². The van der Waals surface area contributed by atoms with Crippen LogP contribution in [-0.2, 0) is 0 Å². The molecule has 0 fully saturated rings. The van der Waals surface area contributed by atoms with E-state index in [1.54, 1.807) is 0 Å². The second-order valence-electron chi connectivity index (χ2n) is 2.21. The Morgan fingerprint density at radius 2 is 2.42 bits per heavy atom. The minimum atomic E-state index is -0.443. The number of hydrogen-bond acceptors (Lipinski definition) is 3. The fraction of sp³-hybridized carbons (Fsp3) is 0.125. The number of nitrogen functional groups attached to an aromatic ring is 1. The predicted octanol–water partition coefficient (Wildman–Crippen LogP) is 0.808. The van der Waals surface area contributed by atoms with E-state index in [0.29, 0.717) is 5.56 Å². The Morgan fingerprint density at radius 1 is 1.67 bits per heavy atom. The topological polar surface area (TPSA) is 59.1 Å². The summed E-state index contributed by atoms with van der Waals surface area (Å²) < 4.78 is 12.6. The van der Waals surface area contributed by atoms with Crippen LogP contribution in [0, 0.1) is 5.82 Å². The lowest BCUT2D eigenvalue weighted by atomic mass is 10.2. The van der Waals surface area contributed by atoms with Gasteiger partial charge in [0.05, 0.1) is 12.8 Å². The average Bonchev–Trinajstić information content (AvgIpc) is 2.07. The van der Waals surface area contributed by atoms with Crippen LogP contribution in [0.3, 0.4) is 0 Å². The Bertz CT molecular complexity index is 299. The van der Waals surface area contributed by atoms with Gasteiger partial charge < -0.3 is 10.8 Å². The second-order valence-corrected chi connectivity index (χ2v) is 2.21. The summed E-state index contributed by atoms with van der Waals surface area (Å²) in [6, 6.07) is 1.26. The van der Waals surface area contributed by atoms with Crippen LogP contribution in [0.5, 0.6) is 0 Å². The lowest BCUT2D eigenvalue weighted by Crippen LogP contribution is -1.94. The summed E-state index contributed by atoms with van der Waals surface area (Å²) in [5.74, 6) is -0.192. The van der Waals surface area contributed by atoms with Gasteiger partial charge in [-0.05, 0) is 6.07 Å². The fourth-order valence-electron chi connectivity index (χ4n) is 0.779. The number of halogens is 1. The van der Waals surface area contributed by atoms with Gasteiger partial charge in [0, 0.05) is 5.56 Å². The number of aromatic nitrogens is 1.